The van der Waals surface area contributed by atoms with Gasteiger partial charge in [-0.25, -0.2) is 4.79 Å². The molecule has 0 aromatic heterocycles. The molecule has 0 saturated carbocycles. The third-order valence-electron chi connectivity index (χ3n) is 3.81. The van der Waals surface area contributed by atoms with E-state index in [1.54, 1.807) is 12.1 Å². The Bertz CT molecular complexity index is 697. The number of aromatic carboxylic acids is 1. The summed E-state index contributed by atoms with van der Waals surface area (Å²) in [6.07, 6.45) is 0.781. The SMILES string of the molecule is NCCC1c2cc(Cl)ccc2-c2ccc(C(=O)O)cc21. The Morgan fingerprint density at radius 2 is 1.80 bits per heavy atom. The van der Waals surface area contributed by atoms with Crippen LogP contribution in [0, 0.1) is 0 Å². The van der Waals surface area contributed by atoms with Crippen molar-refractivity contribution in [2.75, 3.05) is 6.54 Å². The molecule has 2 aromatic rings. The summed E-state index contributed by atoms with van der Waals surface area (Å²) in [7, 11) is 0. The number of hydrogen-bond donors (Lipinski definition) is 2. The largest absolute Gasteiger partial charge is 0.478 e. The highest BCUT2D eigenvalue weighted by Gasteiger charge is 2.29. The van der Waals surface area contributed by atoms with Gasteiger partial charge >= 0.3 is 5.97 Å². The van der Waals surface area contributed by atoms with Gasteiger partial charge < -0.3 is 10.8 Å². The molecule has 0 aliphatic heterocycles. The smallest absolute Gasteiger partial charge is 0.335 e. The quantitative estimate of drug-likeness (QED) is 0.908. The van der Waals surface area contributed by atoms with Crippen LogP contribution in [0.4, 0.5) is 0 Å². The Labute approximate surface area is 122 Å². The molecule has 3 nitrogen and oxygen atoms in total. The molecule has 0 heterocycles. The van der Waals surface area contributed by atoms with Crippen LogP contribution in [0.5, 0.6) is 0 Å². The molecule has 102 valence electrons. The maximum atomic E-state index is 11.1. The van der Waals surface area contributed by atoms with Gasteiger partial charge in [0.1, 0.15) is 0 Å². The van der Waals surface area contributed by atoms with Gasteiger partial charge in [-0.15, -0.1) is 0 Å². The first kappa shape index (κ1) is 13.2. The first-order valence-corrected chi connectivity index (χ1v) is 6.86. The fourth-order valence-corrected chi connectivity index (χ4v) is 3.12. The number of hydrogen-bond acceptors (Lipinski definition) is 2. The van der Waals surface area contributed by atoms with Crippen LogP contribution in [0.15, 0.2) is 36.4 Å². The van der Waals surface area contributed by atoms with E-state index >= 15 is 0 Å². The highest BCUT2D eigenvalue weighted by atomic mass is 35.5. The number of benzene rings is 2. The van der Waals surface area contributed by atoms with E-state index in [0.717, 1.165) is 28.7 Å². The number of nitrogens with two attached hydrogens (primary N) is 1. The van der Waals surface area contributed by atoms with E-state index in [2.05, 4.69) is 0 Å². The number of fused-ring (bicyclic) bond motifs is 3. The van der Waals surface area contributed by atoms with Gasteiger partial charge in [-0.2, -0.15) is 0 Å². The van der Waals surface area contributed by atoms with E-state index in [4.69, 9.17) is 22.4 Å². The number of halogens is 1. The lowest BCUT2D eigenvalue weighted by atomic mass is 9.93. The first-order valence-electron chi connectivity index (χ1n) is 6.49. The van der Waals surface area contributed by atoms with Crippen molar-refractivity contribution in [1.29, 1.82) is 0 Å². The molecule has 0 radical (unpaired) electrons. The second-order valence-corrected chi connectivity index (χ2v) is 5.41. The molecule has 0 fully saturated rings. The number of carbonyl (C=O) groups is 1. The number of rotatable bonds is 3. The summed E-state index contributed by atoms with van der Waals surface area (Å²) in [4.78, 5) is 11.1. The highest BCUT2D eigenvalue weighted by molar-refractivity contribution is 6.30. The average molecular weight is 288 g/mol. The van der Waals surface area contributed by atoms with Crippen LogP contribution in [0.3, 0.4) is 0 Å². The van der Waals surface area contributed by atoms with E-state index < -0.39 is 5.97 Å². The molecule has 20 heavy (non-hydrogen) atoms. The summed E-state index contributed by atoms with van der Waals surface area (Å²) in [5, 5.41) is 9.84. The summed E-state index contributed by atoms with van der Waals surface area (Å²) in [5.41, 5.74) is 10.4. The van der Waals surface area contributed by atoms with Gasteiger partial charge in [0.05, 0.1) is 5.56 Å². The van der Waals surface area contributed by atoms with Gasteiger partial charge in [0.15, 0.2) is 0 Å². The van der Waals surface area contributed by atoms with Gasteiger partial charge in [0.2, 0.25) is 0 Å². The summed E-state index contributed by atoms with van der Waals surface area (Å²) in [5.74, 6) is -0.781. The fourth-order valence-electron chi connectivity index (χ4n) is 2.94. The topological polar surface area (TPSA) is 63.3 Å². The van der Waals surface area contributed by atoms with Gasteiger partial charge in [-0.1, -0.05) is 23.7 Å². The van der Waals surface area contributed by atoms with Gasteiger partial charge in [0, 0.05) is 10.9 Å². The van der Waals surface area contributed by atoms with E-state index in [1.807, 2.05) is 24.3 Å². The highest BCUT2D eigenvalue weighted by Crippen LogP contribution is 2.47. The first-order chi connectivity index (χ1) is 9.61. The molecular weight excluding hydrogens is 274 g/mol. The van der Waals surface area contributed by atoms with Crippen LogP contribution >= 0.6 is 11.6 Å². The molecule has 3 rings (SSSR count). The second kappa shape index (κ2) is 4.93. The summed E-state index contributed by atoms with van der Waals surface area (Å²) in [6, 6.07) is 11.1. The van der Waals surface area contributed by atoms with Crippen LogP contribution in [-0.2, 0) is 0 Å². The fraction of sp³-hybridized carbons (Fsp3) is 0.188. The molecule has 0 spiro atoms. The molecule has 0 saturated heterocycles. The average Bonchev–Trinajstić information content (AvgIpc) is 2.72. The predicted octanol–water partition coefficient (Wildman–Crippen LogP) is 3.50. The monoisotopic (exact) mass is 287 g/mol. The molecule has 1 aliphatic carbocycles. The summed E-state index contributed by atoms with van der Waals surface area (Å²) >= 11 is 6.09. The predicted molar refractivity (Wildman–Crippen MR) is 79.4 cm³/mol. The Balaban J connectivity index is 2.20. The number of carboxylic acids is 1. The standard InChI is InChI=1S/C16H14ClNO2/c17-10-2-4-12-11-3-1-9(16(19)20)7-14(11)13(5-6-18)15(12)8-10/h1-4,7-8,13H,5-6,18H2,(H,19,20). The summed E-state index contributed by atoms with van der Waals surface area (Å²) < 4.78 is 0. The Hall–Kier alpha value is -1.84. The lowest BCUT2D eigenvalue weighted by Gasteiger charge is -2.12. The molecule has 1 unspecified atom stereocenters. The maximum Gasteiger partial charge on any atom is 0.335 e. The second-order valence-electron chi connectivity index (χ2n) is 4.97. The Morgan fingerprint density at radius 1 is 1.15 bits per heavy atom. The lowest BCUT2D eigenvalue weighted by molar-refractivity contribution is 0.0697. The van der Waals surface area contributed by atoms with E-state index in [9.17, 15) is 4.79 Å². The lowest BCUT2D eigenvalue weighted by Crippen LogP contribution is -2.07. The van der Waals surface area contributed by atoms with E-state index in [-0.39, 0.29) is 5.92 Å². The van der Waals surface area contributed by atoms with Crippen LogP contribution in [0.25, 0.3) is 11.1 Å². The van der Waals surface area contributed by atoms with Crippen molar-refractivity contribution in [2.45, 2.75) is 12.3 Å². The summed E-state index contributed by atoms with van der Waals surface area (Å²) in [6.45, 7) is 0.549. The normalized spacial score (nSPS) is 15.8. The zero-order valence-corrected chi connectivity index (χ0v) is 11.5. The van der Waals surface area contributed by atoms with Crippen molar-refractivity contribution >= 4 is 17.6 Å². The van der Waals surface area contributed by atoms with E-state index in [1.165, 1.54) is 0 Å². The van der Waals surface area contributed by atoms with Crippen LogP contribution in [0.1, 0.15) is 33.8 Å². The van der Waals surface area contributed by atoms with Crippen molar-refractivity contribution in [3.05, 3.63) is 58.1 Å². The maximum absolute atomic E-state index is 11.1. The molecule has 1 atom stereocenters. The zero-order chi connectivity index (χ0) is 14.3. The third-order valence-corrected chi connectivity index (χ3v) is 4.04. The van der Waals surface area contributed by atoms with Gasteiger partial charge in [-0.3, -0.25) is 0 Å². The molecular formula is C16H14ClNO2. The minimum Gasteiger partial charge on any atom is -0.478 e. The van der Waals surface area contributed by atoms with Crippen molar-refractivity contribution in [3.8, 4) is 11.1 Å². The molecule has 1 aliphatic rings. The number of carboxylic acid groups (broad SMARTS) is 1. The van der Waals surface area contributed by atoms with Crippen LogP contribution in [-0.4, -0.2) is 17.6 Å². The van der Waals surface area contributed by atoms with Crippen molar-refractivity contribution < 1.29 is 9.90 Å². The molecule has 0 amide bonds. The van der Waals surface area contributed by atoms with Gasteiger partial charge in [-0.05, 0) is 59.5 Å². The van der Waals surface area contributed by atoms with Crippen molar-refractivity contribution in [2.24, 2.45) is 5.73 Å². The van der Waals surface area contributed by atoms with Crippen LogP contribution < -0.4 is 5.73 Å². The molecule has 4 heteroatoms. The Kier molecular flexibility index (Phi) is 3.24. The zero-order valence-electron chi connectivity index (χ0n) is 10.8. The van der Waals surface area contributed by atoms with Gasteiger partial charge in [0.25, 0.3) is 0 Å². The van der Waals surface area contributed by atoms with Crippen LogP contribution in [0.2, 0.25) is 5.02 Å². The minimum absolute atomic E-state index is 0.128. The minimum atomic E-state index is -0.909. The van der Waals surface area contributed by atoms with Crippen molar-refractivity contribution in [3.63, 3.8) is 0 Å². The molecule has 0 bridgehead atoms. The Morgan fingerprint density at radius 3 is 2.45 bits per heavy atom. The molecule has 3 N–H and O–H groups in total. The van der Waals surface area contributed by atoms with E-state index in [0.29, 0.717) is 17.1 Å². The van der Waals surface area contributed by atoms with Crippen molar-refractivity contribution in [1.82, 2.24) is 0 Å². The third kappa shape index (κ3) is 1.99. The molecule has 2 aromatic carbocycles.